The van der Waals surface area contributed by atoms with Crippen molar-refractivity contribution in [2.75, 3.05) is 0 Å². The first-order valence-electron chi connectivity index (χ1n) is 6.40. The molecule has 4 N–H and O–H groups in total. The highest BCUT2D eigenvalue weighted by Crippen LogP contribution is 2.03. The summed E-state index contributed by atoms with van der Waals surface area (Å²) >= 11 is 0. The Labute approximate surface area is 110 Å². The van der Waals surface area contributed by atoms with Crippen LogP contribution in [0.3, 0.4) is 0 Å². The van der Waals surface area contributed by atoms with E-state index in [1.54, 1.807) is 6.92 Å². The van der Waals surface area contributed by atoms with Crippen molar-refractivity contribution in [3.63, 3.8) is 0 Å². The molecule has 0 fully saturated rings. The van der Waals surface area contributed by atoms with Crippen LogP contribution in [-0.2, 0) is 9.59 Å². The number of rotatable bonds is 5. The van der Waals surface area contributed by atoms with E-state index in [2.05, 4.69) is 10.6 Å². The largest absolute Gasteiger partial charge is 0.350 e. The molecule has 0 aromatic carbocycles. The maximum absolute atomic E-state index is 11.8. The first kappa shape index (κ1) is 16.9. The second kappa shape index (κ2) is 6.73. The first-order chi connectivity index (χ1) is 8.03. The van der Waals surface area contributed by atoms with E-state index in [0.29, 0.717) is 0 Å². The van der Waals surface area contributed by atoms with Gasteiger partial charge in [-0.05, 0) is 33.6 Å². The molecular formula is C13H27N3O2. The molecule has 0 saturated heterocycles. The average molecular weight is 257 g/mol. The minimum atomic E-state index is -0.545. The minimum absolute atomic E-state index is 0.178. The first-order valence-corrected chi connectivity index (χ1v) is 6.40. The van der Waals surface area contributed by atoms with Crippen LogP contribution in [0.5, 0.6) is 0 Å². The van der Waals surface area contributed by atoms with Crippen LogP contribution in [0.25, 0.3) is 0 Å². The van der Waals surface area contributed by atoms with Gasteiger partial charge in [0.25, 0.3) is 0 Å². The molecular weight excluding hydrogens is 230 g/mol. The molecule has 18 heavy (non-hydrogen) atoms. The minimum Gasteiger partial charge on any atom is -0.350 e. The molecule has 5 nitrogen and oxygen atoms in total. The molecule has 2 amide bonds. The SMILES string of the molecule is CC(NC(=O)CC(N)C(C)C)C(=O)NC(C)(C)C. The fourth-order valence-electron chi connectivity index (χ4n) is 1.29. The fourth-order valence-corrected chi connectivity index (χ4v) is 1.29. The van der Waals surface area contributed by atoms with E-state index in [1.165, 1.54) is 0 Å². The van der Waals surface area contributed by atoms with Crippen molar-refractivity contribution in [1.82, 2.24) is 10.6 Å². The molecule has 0 radical (unpaired) electrons. The standard InChI is InChI=1S/C13H27N3O2/c1-8(2)10(14)7-11(17)15-9(3)12(18)16-13(4,5)6/h8-10H,7,14H2,1-6H3,(H,15,17)(H,16,18). The van der Waals surface area contributed by atoms with Crippen molar-refractivity contribution in [2.24, 2.45) is 11.7 Å². The number of carbonyl (C=O) groups is 2. The molecule has 2 unspecified atom stereocenters. The Balaban J connectivity index is 4.19. The maximum atomic E-state index is 11.8. The van der Waals surface area contributed by atoms with Gasteiger partial charge < -0.3 is 16.4 Å². The third kappa shape index (κ3) is 7.27. The molecule has 2 atom stereocenters. The molecule has 0 aromatic rings. The lowest BCUT2D eigenvalue weighted by Gasteiger charge is -2.24. The Bertz CT molecular complexity index is 295. The Morgan fingerprint density at radius 3 is 2.06 bits per heavy atom. The summed E-state index contributed by atoms with van der Waals surface area (Å²) in [6, 6.07) is -0.723. The number of hydrogen-bond donors (Lipinski definition) is 3. The molecule has 0 aromatic heterocycles. The van der Waals surface area contributed by atoms with Crippen molar-refractivity contribution in [1.29, 1.82) is 0 Å². The number of carbonyl (C=O) groups excluding carboxylic acids is 2. The number of nitrogens with one attached hydrogen (secondary N) is 2. The Morgan fingerprint density at radius 1 is 1.17 bits per heavy atom. The van der Waals surface area contributed by atoms with E-state index in [4.69, 9.17) is 5.73 Å². The zero-order valence-electron chi connectivity index (χ0n) is 12.3. The summed E-state index contributed by atoms with van der Waals surface area (Å²) in [4.78, 5) is 23.4. The summed E-state index contributed by atoms with van der Waals surface area (Å²) in [5.74, 6) is -0.129. The van der Waals surface area contributed by atoms with E-state index in [0.717, 1.165) is 0 Å². The third-order valence-corrected chi connectivity index (χ3v) is 2.55. The number of hydrogen-bond acceptors (Lipinski definition) is 3. The molecule has 5 heteroatoms. The summed E-state index contributed by atoms with van der Waals surface area (Å²) in [5, 5.41) is 5.47. The highest BCUT2D eigenvalue weighted by molar-refractivity contribution is 5.87. The van der Waals surface area contributed by atoms with Crippen LogP contribution in [0.1, 0.15) is 48.0 Å². The second-order valence-corrected chi connectivity index (χ2v) is 6.14. The Morgan fingerprint density at radius 2 is 1.67 bits per heavy atom. The Hall–Kier alpha value is -1.10. The highest BCUT2D eigenvalue weighted by Gasteiger charge is 2.21. The van der Waals surface area contributed by atoms with Gasteiger partial charge in [0.1, 0.15) is 6.04 Å². The van der Waals surface area contributed by atoms with Gasteiger partial charge in [-0.1, -0.05) is 13.8 Å². The predicted molar refractivity (Wildman–Crippen MR) is 72.9 cm³/mol. The second-order valence-electron chi connectivity index (χ2n) is 6.14. The van der Waals surface area contributed by atoms with Gasteiger partial charge in [0.2, 0.25) is 11.8 Å². The lowest BCUT2D eigenvalue weighted by molar-refractivity contribution is -0.129. The van der Waals surface area contributed by atoms with Gasteiger partial charge in [0.05, 0.1) is 0 Å². The summed E-state index contributed by atoms with van der Waals surface area (Å²) in [6.45, 7) is 11.3. The van der Waals surface area contributed by atoms with Gasteiger partial charge in [0, 0.05) is 18.0 Å². The van der Waals surface area contributed by atoms with Crippen LogP contribution < -0.4 is 16.4 Å². The van der Waals surface area contributed by atoms with Gasteiger partial charge in [-0.3, -0.25) is 9.59 Å². The van der Waals surface area contributed by atoms with Crippen molar-refractivity contribution in [3.05, 3.63) is 0 Å². The van der Waals surface area contributed by atoms with Gasteiger partial charge in [-0.25, -0.2) is 0 Å². The van der Waals surface area contributed by atoms with E-state index >= 15 is 0 Å². The molecule has 0 aliphatic carbocycles. The van der Waals surface area contributed by atoms with E-state index in [-0.39, 0.29) is 35.7 Å². The monoisotopic (exact) mass is 257 g/mol. The third-order valence-electron chi connectivity index (χ3n) is 2.55. The lowest BCUT2D eigenvalue weighted by Crippen LogP contribution is -2.51. The summed E-state index contributed by atoms with van der Waals surface area (Å²) in [7, 11) is 0. The zero-order valence-corrected chi connectivity index (χ0v) is 12.3. The van der Waals surface area contributed by atoms with Crippen molar-refractivity contribution in [3.8, 4) is 0 Å². The topological polar surface area (TPSA) is 84.2 Å². The molecule has 0 saturated carbocycles. The van der Waals surface area contributed by atoms with Gasteiger partial charge >= 0.3 is 0 Å². The van der Waals surface area contributed by atoms with E-state index in [9.17, 15) is 9.59 Å². The fraction of sp³-hybridized carbons (Fsp3) is 0.846. The van der Waals surface area contributed by atoms with Gasteiger partial charge in [-0.15, -0.1) is 0 Å². The van der Waals surface area contributed by atoms with Gasteiger partial charge in [-0.2, -0.15) is 0 Å². The summed E-state index contributed by atoms with van der Waals surface area (Å²) in [5.41, 5.74) is 5.51. The van der Waals surface area contributed by atoms with Crippen molar-refractivity contribution < 1.29 is 9.59 Å². The van der Waals surface area contributed by atoms with Crippen molar-refractivity contribution in [2.45, 2.75) is 65.6 Å². The predicted octanol–water partition coefficient (Wildman–Crippen LogP) is 0.779. The van der Waals surface area contributed by atoms with Crippen molar-refractivity contribution >= 4 is 11.8 Å². The lowest BCUT2D eigenvalue weighted by atomic mass is 10.0. The molecule has 0 bridgehead atoms. The highest BCUT2D eigenvalue weighted by atomic mass is 16.2. The number of amides is 2. The molecule has 0 rings (SSSR count). The maximum Gasteiger partial charge on any atom is 0.242 e. The van der Waals surface area contributed by atoms with Crippen LogP contribution in [0.2, 0.25) is 0 Å². The summed E-state index contributed by atoms with van der Waals surface area (Å²) < 4.78 is 0. The average Bonchev–Trinajstić information content (AvgIpc) is 2.14. The normalized spacial score (nSPS) is 15.1. The summed E-state index contributed by atoms with van der Waals surface area (Å²) in [6.07, 6.45) is 0.241. The molecule has 0 aliphatic heterocycles. The molecule has 106 valence electrons. The van der Waals surface area contributed by atoms with Gasteiger partial charge in [0.15, 0.2) is 0 Å². The van der Waals surface area contributed by atoms with Crippen LogP contribution >= 0.6 is 0 Å². The molecule has 0 aliphatic rings. The van der Waals surface area contributed by atoms with E-state index < -0.39 is 6.04 Å². The van der Waals surface area contributed by atoms with Crippen LogP contribution in [0.4, 0.5) is 0 Å². The van der Waals surface area contributed by atoms with E-state index in [1.807, 2.05) is 34.6 Å². The smallest absolute Gasteiger partial charge is 0.242 e. The van der Waals surface area contributed by atoms with Crippen LogP contribution in [0, 0.1) is 5.92 Å². The van der Waals surface area contributed by atoms with Crippen LogP contribution in [-0.4, -0.2) is 29.4 Å². The molecule has 0 heterocycles. The molecule has 0 spiro atoms. The zero-order chi connectivity index (χ0) is 14.5. The number of nitrogens with two attached hydrogens (primary N) is 1. The Kier molecular flexibility index (Phi) is 6.32. The van der Waals surface area contributed by atoms with Crippen LogP contribution in [0.15, 0.2) is 0 Å². The quantitative estimate of drug-likeness (QED) is 0.680.